The van der Waals surface area contributed by atoms with E-state index in [2.05, 4.69) is 20.5 Å². The van der Waals surface area contributed by atoms with Crippen LogP contribution in [0, 0.1) is 0 Å². The highest BCUT2D eigenvalue weighted by atomic mass is 35.5. The molecule has 23 heavy (non-hydrogen) atoms. The average Bonchev–Trinajstić information content (AvgIpc) is 2.96. The van der Waals surface area contributed by atoms with Crippen molar-refractivity contribution < 1.29 is 4.79 Å². The number of carbonyl (C=O) groups is 1. The lowest BCUT2D eigenvalue weighted by molar-refractivity contribution is -0.121. The van der Waals surface area contributed by atoms with Gasteiger partial charge in [-0.1, -0.05) is 30.3 Å². The Labute approximate surface area is 145 Å². The predicted octanol–water partition coefficient (Wildman–Crippen LogP) is 3.91. The van der Waals surface area contributed by atoms with Crippen molar-refractivity contribution in [3.05, 3.63) is 29.3 Å². The van der Waals surface area contributed by atoms with Crippen molar-refractivity contribution in [2.45, 2.75) is 50.1 Å². The fourth-order valence-electron chi connectivity index (χ4n) is 1.77. The van der Waals surface area contributed by atoms with Crippen molar-refractivity contribution in [3.63, 3.8) is 0 Å². The molecule has 5 nitrogen and oxygen atoms in total. The van der Waals surface area contributed by atoms with E-state index in [0.717, 1.165) is 12.0 Å². The Kier molecular flexibility index (Phi) is 5.70. The molecule has 0 fully saturated rings. The quantitative estimate of drug-likeness (QED) is 0.773. The number of rotatable bonds is 6. The summed E-state index contributed by atoms with van der Waals surface area (Å²) in [6, 6.07) is 7.35. The van der Waals surface area contributed by atoms with Crippen molar-refractivity contribution in [1.82, 2.24) is 20.5 Å². The smallest absolute Gasteiger partial charge is 0.233 e. The van der Waals surface area contributed by atoms with Gasteiger partial charge in [0.25, 0.3) is 0 Å². The Morgan fingerprint density at radius 1 is 1.39 bits per heavy atom. The summed E-state index contributed by atoms with van der Waals surface area (Å²) in [4.78, 5) is 16.6. The molecule has 0 radical (unpaired) electrons. The van der Waals surface area contributed by atoms with Gasteiger partial charge < -0.3 is 5.32 Å². The molecule has 0 bridgehead atoms. The molecule has 2 aromatic rings. The molecule has 1 aromatic carbocycles. The first-order valence-electron chi connectivity index (χ1n) is 7.48. The zero-order chi connectivity index (χ0) is 17.0. The molecular formula is C16H21ClN4OS. The molecule has 1 aromatic heterocycles. The number of aromatic nitrogens is 3. The van der Waals surface area contributed by atoms with E-state index in [9.17, 15) is 4.79 Å². The Morgan fingerprint density at radius 3 is 2.65 bits per heavy atom. The average molecular weight is 353 g/mol. The number of thioether (sulfide) groups is 1. The number of nitrogens with zero attached hydrogens (tertiary/aromatic N) is 2. The number of amides is 1. The van der Waals surface area contributed by atoms with E-state index in [-0.39, 0.29) is 16.7 Å². The molecule has 1 heterocycles. The number of carbonyl (C=O) groups excluding carboxylic acids is 1. The van der Waals surface area contributed by atoms with E-state index in [0.29, 0.717) is 16.0 Å². The van der Waals surface area contributed by atoms with E-state index < -0.39 is 0 Å². The van der Waals surface area contributed by atoms with Gasteiger partial charge in [-0.2, -0.15) is 0 Å². The standard InChI is InChI=1S/C16H21ClN4OS/c1-5-16(3,4)19-14(22)10(2)23-15-18-13(20-21-15)11-6-8-12(17)9-7-11/h6-10H,5H2,1-4H3,(H,19,22)(H,18,20,21). The minimum atomic E-state index is -0.269. The Balaban J connectivity index is 2.01. The fraction of sp³-hybridized carbons (Fsp3) is 0.438. The lowest BCUT2D eigenvalue weighted by Gasteiger charge is -2.26. The van der Waals surface area contributed by atoms with Gasteiger partial charge in [0.05, 0.1) is 5.25 Å². The molecule has 1 amide bonds. The van der Waals surface area contributed by atoms with Gasteiger partial charge in [0, 0.05) is 16.1 Å². The van der Waals surface area contributed by atoms with Gasteiger partial charge in [-0.05, 0) is 51.5 Å². The van der Waals surface area contributed by atoms with Crippen LogP contribution in [0.25, 0.3) is 11.4 Å². The first kappa shape index (κ1) is 17.8. The zero-order valence-electron chi connectivity index (χ0n) is 13.7. The number of aromatic amines is 1. The highest BCUT2D eigenvalue weighted by Crippen LogP contribution is 2.24. The largest absolute Gasteiger partial charge is 0.350 e. The topological polar surface area (TPSA) is 70.7 Å². The third kappa shape index (κ3) is 4.97. The monoisotopic (exact) mass is 352 g/mol. The minimum absolute atomic E-state index is 0.0142. The minimum Gasteiger partial charge on any atom is -0.350 e. The molecule has 7 heteroatoms. The van der Waals surface area contributed by atoms with Crippen LogP contribution in [0.5, 0.6) is 0 Å². The summed E-state index contributed by atoms with van der Waals surface area (Å²) >= 11 is 7.21. The van der Waals surface area contributed by atoms with Gasteiger partial charge in [-0.25, -0.2) is 4.98 Å². The van der Waals surface area contributed by atoms with Gasteiger partial charge in [-0.15, -0.1) is 5.10 Å². The van der Waals surface area contributed by atoms with Crippen molar-refractivity contribution in [1.29, 1.82) is 0 Å². The molecule has 1 atom stereocenters. The van der Waals surface area contributed by atoms with E-state index in [4.69, 9.17) is 11.6 Å². The third-order valence-corrected chi connectivity index (χ3v) is 4.79. The molecule has 124 valence electrons. The summed E-state index contributed by atoms with van der Waals surface area (Å²) in [5.41, 5.74) is 0.692. The van der Waals surface area contributed by atoms with Crippen molar-refractivity contribution >= 4 is 29.3 Å². The summed E-state index contributed by atoms with van der Waals surface area (Å²) in [5.74, 6) is 0.644. The van der Waals surface area contributed by atoms with E-state index in [1.54, 1.807) is 12.1 Å². The van der Waals surface area contributed by atoms with Crippen LogP contribution >= 0.6 is 23.4 Å². The summed E-state index contributed by atoms with van der Waals surface area (Å²) in [6.07, 6.45) is 0.873. The maximum absolute atomic E-state index is 12.2. The molecule has 0 aliphatic rings. The second kappa shape index (κ2) is 7.36. The van der Waals surface area contributed by atoms with Gasteiger partial charge in [0.1, 0.15) is 0 Å². The van der Waals surface area contributed by atoms with Crippen LogP contribution in [0.1, 0.15) is 34.1 Å². The van der Waals surface area contributed by atoms with Crippen LogP contribution < -0.4 is 5.32 Å². The van der Waals surface area contributed by atoms with Crippen LogP contribution in [-0.4, -0.2) is 31.9 Å². The normalized spacial score (nSPS) is 12.9. The zero-order valence-corrected chi connectivity index (χ0v) is 15.3. The maximum atomic E-state index is 12.2. The SMILES string of the molecule is CCC(C)(C)NC(=O)C(C)Sc1n[nH]c(-c2ccc(Cl)cc2)n1. The van der Waals surface area contributed by atoms with Crippen molar-refractivity contribution in [2.75, 3.05) is 0 Å². The molecule has 0 spiro atoms. The number of H-pyrrole nitrogens is 1. The van der Waals surface area contributed by atoms with E-state index in [1.807, 2.05) is 39.8 Å². The Morgan fingerprint density at radius 2 is 2.04 bits per heavy atom. The predicted molar refractivity (Wildman–Crippen MR) is 94.7 cm³/mol. The second-order valence-corrected chi connectivity index (χ2v) is 7.70. The Bertz CT molecular complexity index is 669. The molecule has 0 saturated heterocycles. The third-order valence-electron chi connectivity index (χ3n) is 3.58. The Hall–Kier alpha value is -1.53. The lowest BCUT2D eigenvalue weighted by atomic mass is 10.0. The van der Waals surface area contributed by atoms with Crippen molar-refractivity contribution in [3.8, 4) is 11.4 Å². The molecular weight excluding hydrogens is 332 g/mol. The van der Waals surface area contributed by atoms with Crippen LogP contribution in [0.15, 0.2) is 29.4 Å². The van der Waals surface area contributed by atoms with Gasteiger partial charge in [0.15, 0.2) is 5.82 Å². The van der Waals surface area contributed by atoms with Gasteiger partial charge in [-0.3, -0.25) is 9.89 Å². The summed E-state index contributed by atoms with van der Waals surface area (Å²) in [7, 11) is 0. The maximum Gasteiger partial charge on any atom is 0.233 e. The summed E-state index contributed by atoms with van der Waals surface area (Å²) in [5, 5.41) is 11.0. The second-order valence-electron chi connectivity index (χ2n) is 5.96. The van der Waals surface area contributed by atoms with E-state index in [1.165, 1.54) is 11.8 Å². The highest BCUT2D eigenvalue weighted by molar-refractivity contribution is 8.00. The van der Waals surface area contributed by atoms with Crippen LogP contribution in [0.2, 0.25) is 5.02 Å². The van der Waals surface area contributed by atoms with E-state index >= 15 is 0 Å². The van der Waals surface area contributed by atoms with Crippen LogP contribution in [0.3, 0.4) is 0 Å². The number of hydrogen-bond acceptors (Lipinski definition) is 4. The summed E-state index contributed by atoms with van der Waals surface area (Å²) < 4.78 is 0. The van der Waals surface area contributed by atoms with Crippen molar-refractivity contribution in [2.24, 2.45) is 0 Å². The van der Waals surface area contributed by atoms with Gasteiger partial charge >= 0.3 is 0 Å². The lowest BCUT2D eigenvalue weighted by Crippen LogP contribution is -2.46. The molecule has 0 saturated carbocycles. The molecule has 0 aliphatic heterocycles. The first-order valence-corrected chi connectivity index (χ1v) is 8.73. The molecule has 0 aliphatic carbocycles. The first-order chi connectivity index (χ1) is 10.8. The number of nitrogens with one attached hydrogen (secondary N) is 2. The molecule has 2 N–H and O–H groups in total. The summed E-state index contributed by atoms with van der Waals surface area (Å²) in [6.45, 7) is 7.91. The number of benzene rings is 1. The van der Waals surface area contributed by atoms with Gasteiger partial charge in [0.2, 0.25) is 11.1 Å². The van der Waals surface area contributed by atoms with Crippen LogP contribution in [-0.2, 0) is 4.79 Å². The molecule has 1 unspecified atom stereocenters. The fourth-order valence-corrected chi connectivity index (χ4v) is 2.62. The number of hydrogen-bond donors (Lipinski definition) is 2. The molecule has 2 rings (SSSR count). The van der Waals surface area contributed by atoms with Crippen LogP contribution in [0.4, 0.5) is 0 Å². The number of halogens is 1. The highest BCUT2D eigenvalue weighted by Gasteiger charge is 2.23.